The predicted molar refractivity (Wildman–Crippen MR) is 83.3 cm³/mol. The molecule has 5 nitrogen and oxygen atoms in total. The lowest BCUT2D eigenvalue weighted by atomic mass is 9.80. The minimum absolute atomic E-state index is 0.275. The van der Waals surface area contributed by atoms with Crippen LogP contribution in [0.4, 0.5) is 0 Å². The SMILES string of the molecule is COc1cc(C(=O)N(C)C2(C(=O)O)CCCCC2)ccc1C. The Labute approximate surface area is 130 Å². The lowest BCUT2D eigenvalue weighted by Crippen LogP contribution is -2.56. The maximum Gasteiger partial charge on any atom is 0.329 e. The van der Waals surface area contributed by atoms with Gasteiger partial charge in [-0.15, -0.1) is 0 Å². The first-order valence-corrected chi connectivity index (χ1v) is 7.58. The minimum atomic E-state index is -1.09. The van der Waals surface area contributed by atoms with Gasteiger partial charge < -0.3 is 14.7 Å². The molecule has 0 aliphatic heterocycles. The Hall–Kier alpha value is -2.04. The molecule has 1 saturated carbocycles. The molecule has 2 rings (SSSR count). The van der Waals surface area contributed by atoms with E-state index in [9.17, 15) is 14.7 Å². The van der Waals surface area contributed by atoms with Gasteiger partial charge in [-0.25, -0.2) is 4.79 Å². The number of carboxylic acid groups (broad SMARTS) is 1. The Bertz CT molecular complexity index is 576. The average Bonchev–Trinajstić information content (AvgIpc) is 2.54. The van der Waals surface area contributed by atoms with E-state index in [2.05, 4.69) is 0 Å². The second kappa shape index (κ2) is 6.38. The van der Waals surface area contributed by atoms with E-state index in [0.29, 0.717) is 24.2 Å². The molecule has 1 aromatic rings. The third-order valence-corrected chi connectivity index (χ3v) is 4.68. The topological polar surface area (TPSA) is 66.8 Å². The van der Waals surface area contributed by atoms with Crippen LogP contribution in [0.25, 0.3) is 0 Å². The number of aliphatic carboxylic acids is 1. The number of ether oxygens (including phenoxy) is 1. The highest BCUT2D eigenvalue weighted by Crippen LogP contribution is 2.34. The van der Waals surface area contributed by atoms with Crippen LogP contribution in [0.1, 0.15) is 48.0 Å². The maximum atomic E-state index is 12.7. The van der Waals surface area contributed by atoms with E-state index >= 15 is 0 Å². The summed E-state index contributed by atoms with van der Waals surface area (Å²) in [6.07, 6.45) is 3.71. The van der Waals surface area contributed by atoms with Crippen LogP contribution in [0, 0.1) is 6.92 Å². The van der Waals surface area contributed by atoms with Gasteiger partial charge in [0, 0.05) is 12.6 Å². The third-order valence-electron chi connectivity index (χ3n) is 4.68. The molecular formula is C17H23NO4. The fourth-order valence-electron chi connectivity index (χ4n) is 3.17. The van der Waals surface area contributed by atoms with E-state index < -0.39 is 11.5 Å². The lowest BCUT2D eigenvalue weighted by Gasteiger charge is -2.41. The van der Waals surface area contributed by atoms with Gasteiger partial charge in [0.2, 0.25) is 0 Å². The summed E-state index contributed by atoms with van der Waals surface area (Å²) < 4.78 is 5.25. The monoisotopic (exact) mass is 305 g/mol. The van der Waals surface area contributed by atoms with Crippen LogP contribution in [-0.4, -0.2) is 41.6 Å². The molecule has 0 saturated heterocycles. The van der Waals surface area contributed by atoms with Gasteiger partial charge >= 0.3 is 5.97 Å². The number of hydrogen-bond donors (Lipinski definition) is 1. The highest BCUT2D eigenvalue weighted by Gasteiger charge is 2.45. The number of rotatable bonds is 4. The van der Waals surface area contributed by atoms with Gasteiger partial charge in [-0.2, -0.15) is 0 Å². The summed E-state index contributed by atoms with van der Waals surface area (Å²) in [6.45, 7) is 1.90. The van der Waals surface area contributed by atoms with E-state index in [1.165, 1.54) is 4.90 Å². The van der Waals surface area contributed by atoms with Crippen LogP contribution < -0.4 is 4.74 Å². The van der Waals surface area contributed by atoms with Gasteiger partial charge in [-0.1, -0.05) is 25.3 Å². The van der Waals surface area contributed by atoms with Gasteiger partial charge in [0.1, 0.15) is 11.3 Å². The highest BCUT2D eigenvalue weighted by molar-refractivity contribution is 5.98. The number of carbonyl (C=O) groups is 2. The van der Waals surface area contributed by atoms with Crippen LogP contribution in [0.2, 0.25) is 0 Å². The van der Waals surface area contributed by atoms with Crippen molar-refractivity contribution >= 4 is 11.9 Å². The fraction of sp³-hybridized carbons (Fsp3) is 0.529. The minimum Gasteiger partial charge on any atom is -0.496 e. The first-order chi connectivity index (χ1) is 10.4. The first-order valence-electron chi connectivity index (χ1n) is 7.58. The molecule has 0 spiro atoms. The second-order valence-corrected chi connectivity index (χ2v) is 5.95. The van der Waals surface area contributed by atoms with Crippen LogP contribution in [0.5, 0.6) is 5.75 Å². The summed E-state index contributed by atoms with van der Waals surface area (Å²) in [5.74, 6) is -0.558. The van der Waals surface area contributed by atoms with Crippen molar-refractivity contribution in [1.29, 1.82) is 0 Å². The van der Waals surface area contributed by atoms with Crippen molar-refractivity contribution in [3.05, 3.63) is 29.3 Å². The Balaban J connectivity index is 2.32. The number of amides is 1. The zero-order valence-corrected chi connectivity index (χ0v) is 13.4. The molecule has 1 aliphatic carbocycles. The zero-order chi connectivity index (χ0) is 16.3. The molecule has 0 heterocycles. The number of carboxylic acids is 1. The van der Waals surface area contributed by atoms with Gasteiger partial charge in [-0.05, 0) is 37.5 Å². The van der Waals surface area contributed by atoms with Crippen LogP contribution >= 0.6 is 0 Å². The van der Waals surface area contributed by atoms with Gasteiger partial charge in [0.15, 0.2) is 0 Å². The van der Waals surface area contributed by atoms with Crippen LogP contribution in [-0.2, 0) is 4.79 Å². The summed E-state index contributed by atoms with van der Waals surface area (Å²) in [7, 11) is 3.15. The Morgan fingerprint density at radius 3 is 2.41 bits per heavy atom. The molecule has 5 heteroatoms. The van der Waals surface area contributed by atoms with Gasteiger partial charge in [0.05, 0.1) is 7.11 Å². The number of benzene rings is 1. The van der Waals surface area contributed by atoms with Crippen molar-refractivity contribution in [3.63, 3.8) is 0 Å². The van der Waals surface area contributed by atoms with Crippen molar-refractivity contribution in [2.24, 2.45) is 0 Å². The molecule has 1 aliphatic rings. The van der Waals surface area contributed by atoms with Crippen LogP contribution in [0.15, 0.2) is 18.2 Å². The smallest absolute Gasteiger partial charge is 0.329 e. The Morgan fingerprint density at radius 2 is 1.86 bits per heavy atom. The zero-order valence-electron chi connectivity index (χ0n) is 13.4. The average molecular weight is 305 g/mol. The highest BCUT2D eigenvalue weighted by atomic mass is 16.5. The Kier molecular flexibility index (Phi) is 4.74. The van der Waals surface area contributed by atoms with Crippen molar-refractivity contribution in [2.45, 2.75) is 44.6 Å². The normalized spacial score (nSPS) is 16.9. The fourth-order valence-corrected chi connectivity index (χ4v) is 3.17. The predicted octanol–water partition coefficient (Wildman–Crippen LogP) is 2.86. The molecule has 0 unspecified atom stereocenters. The summed E-state index contributed by atoms with van der Waals surface area (Å²) in [5.41, 5.74) is 0.302. The standard InChI is InChI=1S/C17H23NO4/c1-12-7-8-13(11-14(12)22-3)15(19)18(2)17(16(20)21)9-5-4-6-10-17/h7-8,11H,4-6,9-10H2,1-3H3,(H,20,21). The first kappa shape index (κ1) is 16.3. The summed E-state index contributed by atoms with van der Waals surface area (Å²) in [5, 5.41) is 9.68. The summed E-state index contributed by atoms with van der Waals surface area (Å²) in [4.78, 5) is 26.0. The van der Waals surface area contributed by atoms with E-state index in [0.717, 1.165) is 24.8 Å². The van der Waals surface area contributed by atoms with Crippen molar-refractivity contribution < 1.29 is 19.4 Å². The van der Waals surface area contributed by atoms with Crippen LogP contribution in [0.3, 0.4) is 0 Å². The molecule has 0 aromatic heterocycles. The van der Waals surface area contributed by atoms with Crippen molar-refractivity contribution in [1.82, 2.24) is 4.90 Å². The summed E-state index contributed by atoms with van der Waals surface area (Å²) in [6, 6.07) is 5.20. The number of likely N-dealkylation sites (N-methyl/N-ethyl adjacent to an activating group) is 1. The van der Waals surface area contributed by atoms with E-state index in [1.807, 2.05) is 13.0 Å². The molecule has 120 valence electrons. The second-order valence-electron chi connectivity index (χ2n) is 5.95. The van der Waals surface area contributed by atoms with E-state index in [4.69, 9.17) is 4.74 Å². The number of nitrogens with zero attached hydrogens (tertiary/aromatic N) is 1. The summed E-state index contributed by atoms with van der Waals surface area (Å²) >= 11 is 0. The van der Waals surface area contributed by atoms with Gasteiger partial charge in [0.25, 0.3) is 5.91 Å². The van der Waals surface area contributed by atoms with Crippen molar-refractivity contribution in [3.8, 4) is 5.75 Å². The molecular weight excluding hydrogens is 282 g/mol. The molecule has 1 N–H and O–H groups in total. The molecule has 0 bridgehead atoms. The number of methoxy groups -OCH3 is 1. The molecule has 22 heavy (non-hydrogen) atoms. The molecule has 0 radical (unpaired) electrons. The van der Waals surface area contributed by atoms with Crippen molar-refractivity contribution in [2.75, 3.05) is 14.2 Å². The lowest BCUT2D eigenvalue weighted by molar-refractivity contribution is -0.151. The number of aryl methyl sites for hydroxylation is 1. The maximum absolute atomic E-state index is 12.7. The third kappa shape index (κ3) is 2.80. The van der Waals surface area contributed by atoms with Gasteiger partial charge in [-0.3, -0.25) is 4.79 Å². The number of hydrogen-bond acceptors (Lipinski definition) is 3. The molecule has 0 atom stereocenters. The Morgan fingerprint density at radius 1 is 1.23 bits per heavy atom. The van der Waals surface area contributed by atoms with E-state index in [1.54, 1.807) is 26.3 Å². The molecule has 1 fully saturated rings. The number of carbonyl (C=O) groups excluding carboxylic acids is 1. The molecule has 1 amide bonds. The largest absolute Gasteiger partial charge is 0.496 e. The quantitative estimate of drug-likeness (QED) is 0.929. The van der Waals surface area contributed by atoms with E-state index in [-0.39, 0.29) is 5.91 Å². The molecule has 1 aromatic carbocycles.